The van der Waals surface area contributed by atoms with E-state index < -0.39 is 42.3 Å². The Balaban J connectivity index is 2.97. The molecule has 39 heavy (non-hydrogen) atoms. The maximum absolute atomic E-state index is 12.6. The van der Waals surface area contributed by atoms with Gasteiger partial charge in [-0.3, -0.25) is 14.4 Å². The number of benzene rings is 1. The normalized spacial score (nSPS) is 14.8. The Bertz CT molecular complexity index is 949. The summed E-state index contributed by atoms with van der Waals surface area (Å²) in [5, 5.41) is 0. The molecule has 0 bridgehead atoms. The minimum absolute atomic E-state index is 0.0643. The van der Waals surface area contributed by atoms with Crippen molar-refractivity contribution in [3.63, 3.8) is 0 Å². The Labute approximate surface area is 231 Å². The second kappa shape index (κ2) is 17.4. The van der Waals surface area contributed by atoms with Gasteiger partial charge in [0, 0.05) is 0 Å². The molecule has 2 N–H and O–H groups in total. The van der Waals surface area contributed by atoms with Crippen LogP contribution in [0.25, 0.3) is 0 Å². The van der Waals surface area contributed by atoms with Crippen molar-refractivity contribution in [3.8, 4) is 11.5 Å². The molecule has 0 aromatic heterocycles. The first kappa shape index (κ1) is 33.9. The zero-order chi connectivity index (χ0) is 29.5. The number of carbonyl (C=O) groups is 4. The van der Waals surface area contributed by atoms with Crippen molar-refractivity contribution in [2.75, 3.05) is 6.61 Å². The summed E-state index contributed by atoms with van der Waals surface area (Å²) < 4.78 is 26.5. The van der Waals surface area contributed by atoms with Crippen LogP contribution in [0.5, 0.6) is 11.5 Å². The molecule has 0 radical (unpaired) electrons. The fourth-order valence-electron chi connectivity index (χ4n) is 3.53. The van der Waals surface area contributed by atoms with Crippen molar-refractivity contribution < 1.29 is 42.9 Å². The number of ether oxygens (including phenoxy) is 5. The smallest absolute Gasteiger partial charge is 0.458 e. The molecule has 1 aromatic carbocycles. The van der Waals surface area contributed by atoms with Crippen LogP contribution >= 0.6 is 0 Å². The van der Waals surface area contributed by atoms with Gasteiger partial charge < -0.3 is 29.4 Å². The van der Waals surface area contributed by atoms with Crippen LogP contribution in [0.15, 0.2) is 18.2 Å². The average molecular weight is 552 g/mol. The number of esters is 3. The van der Waals surface area contributed by atoms with Crippen LogP contribution in [-0.4, -0.2) is 48.9 Å². The third-order valence-corrected chi connectivity index (χ3v) is 6.10. The zero-order valence-electron chi connectivity index (χ0n) is 24.3. The second-order valence-electron chi connectivity index (χ2n) is 9.88. The molecule has 0 spiro atoms. The summed E-state index contributed by atoms with van der Waals surface area (Å²) in [5.41, 5.74) is 6.67. The summed E-state index contributed by atoms with van der Waals surface area (Å²) in [6.45, 7) is 12.8. The molecule has 0 aliphatic rings. The minimum atomic E-state index is -1.05. The molecular formula is C29H45NO9. The van der Waals surface area contributed by atoms with Crippen LogP contribution in [0.3, 0.4) is 0 Å². The molecular weight excluding hydrogens is 506 g/mol. The van der Waals surface area contributed by atoms with Crippen molar-refractivity contribution >= 4 is 24.1 Å². The number of rotatable bonds is 16. The fraction of sp³-hybridized carbons (Fsp3) is 0.655. The van der Waals surface area contributed by atoms with E-state index in [-0.39, 0.29) is 36.4 Å². The number of nitrogens with two attached hydrogens (primary N) is 1. The molecule has 0 amide bonds. The van der Waals surface area contributed by atoms with Crippen LogP contribution < -0.4 is 15.2 Å². The maximum Gasteiger partial charge on any atom is 0.508 e. The van der Waals surface area contributed by atoms with E-state index in [1.165, 1.54) is 12.1 Å². The summed E-state index contributed by atoms with van der Waals surface area (Å²) in [5.74, 6) is -2.03. The van der Waals surface area contributed by atoms with Gasteiger partial charge in [-0.25, -0.2) is 4.79 Å². The van der Waals surface area contributed by atoms with E-state index >= 15 is 0 Å². The van der Waals surface area contributed by atoms with Gasteiger partial charge in [0.25, 0.3) is 0 Å². The molecule has 1 rings (SSSR count). The van der Waals surface area contributed by atoms with E-state index in [2.05, 4.69) is 0 Å². The minimum Gasteiger partial charge on any atom is -0.458 e. The Kier molecular flexibility index (Phi) is 15.2. The van der Waals surface area contributed by atoms with Gasteiger partial charge in [0.1, 0.15) is 18.2 Å². The van der Waals surface area contributed by atoms with Gasteiger partial charge in [-0.2, -0.15) is 0 Å². The molecule has 0 fully saturated rings. The summed E-state index contributed by atoms with van der Waals surface area (Å²) >= 11 is 0. The third kappa shape index (κ3) is 12.1. The van der Waals surface area contributed by atoms with Crippen LogP contribution in [0.2, 0.25) is 0 Å². The SMILES string of the molecule is CCCOC(=O)O[C@@H](C)[C@H](C)OC(=O)[C@@H](N)Cc1ccc(OC(=O)C(C)CCC)c(OC(=O)C(C)CCC)c1. The first-order valence-electron chi connectivity index (χ1n) is 13.8. The van der Waals surface area contributed by atoms with Gasteiger partial charge in [-0.05, 0) is 57.2 Å². The van der Waals surface area contributed by atoms with Crippen molar-refractivity contribution in [1.29, 1.82) is 0 Å². The lowest BCUT2D eigenvalue weighted by Gasteiger charge is -2.22. The van der Waals surface area contributed by atoms with Gasteiger partial charge in [-0.1, -0.05) is 53.5 Å². The van der Waals surface area contributed by atoms with Crippen molar-refractivity contribution in [3.05, 3.63) is 23.8 Å². The Morgan fingerprint density at radius 2 is 1.28 bits per heavy atom. The van der Waals surface area contributed by atoms with E-state index in [1.807, 2.05) is 20.8 Å². The molecule has 0 saturated carbocycles. The summed E-state index contributed by atoms with van der Waals surface area (Å²) in [6.07, 6.45) is 1.33. The van der Waals surface area contributed by atoms with Gasteiger partial charge in [0.05, 0.1) is 18.4 Å². The van der Waals surface area contributed by atoms with Gasteiger partial charge in [-0.15, -0.1) is 0 Å². The van der Waals surface area contributed by atoms with Crippen molar-refractivity contribution in [2.45, 2.75) is 105 Å². The highest BCUT2D eigenvalue weighted by Gasteiger charge is 2.26. The Hall–Kier alpha value is -3.14. The molecule has 5 atom stereocenters. The largest absolute Gasteiger partial charge is 0.508 e. The molecule has 10 heteroatoms. The van der Waals surface area contributed by atoms with Crippen molar-refractivity contribution in [1.82, 2.24) is 0 Å². The molecule has 0 heterocycles. The molecule has 0 aliphatic carbocycles. The highest BCUT2D eigenvalue weighted by atomic mass is 16.7. The number of carbonyl (C=O) groups excluding carboxylic acids is 4. The van der Waals surface area contributed by atoms with E-state index in [4.69, 9.17) is 29.4 Å². The van der Waals surface area contributed by atoms with Crippen LogP contribution in [-0.2, 0) is 35.0 Å². The highest BCUT2D eigenvalue weighted by molar-refractivity contribution is 5.79. The predicted molar refractivity (Wildman–Crippen MR) is 145 cm³/mol. The monoisotopic (exact) mass is 551 g/mol. The maximum atomic E-state index is 12.6. The molecule has 10 nitrogen and oxygen atoms in total. The first-order chi connectivity index (χ1) is 18.4. The lowest BCUT2D eigenvalue weighted by molar-refractivity contribution is -0.155. The topological polar surface area (TPSA) is 140 Å². The predicted octanol–water partition coefficient (Wildman–Crippen LogP) is 5.12. The summed E-state index contributed by atoms with van der Waals surface area (Å²) in [4.78, 5) is 49.4. The lowest BCUT2D eigenvalue weighted by Crippen LogP contribution is -2.39. The number of hydrogen-bond donors (Lipinski definition) is 1. The second-order valence-corrected chi connectivity index (χ2v) is 9.88. The van der Waals surface area contributed by atoms with E-state index in [0.717, 1.165) is 12.8 Å². The number of hydrogen-bond acceptors (Lipinski definition) is 10. The molecule has 0 aliphatic heterocycles. The van der Waals surface area contributed by atoms with Gasteiger partial charge >= 0.3 is 24.1 Å². The third-order valence-electron chi connectivity index (χ3n) is 6.10. The first-order valence-corrected chi connectivity index (χ1v) is 13.8. The van der Waals surface area contributed by atoms with E-state index in [0.29, 0.717) is 24.8 Å². The summed E-state index contributed by atoms with van der Waals surface area (Å²) in [7, 11) is 0. The average Bonchev–Trinajstić information content (AvgIpc) is 2.88. The van der Waals surface area contributed by atoms with Crippen molar-refractivity contribution in [2.24, 2.45) is 17.6 Å². The quantitative estimate of drug-likeness (QED) is 0.217. The highest BCUT2D eigenvalue weighted by Crippen LogP contribution is 2.31. The fourth-order valence-corrected chi connectivity index (χ4v) is 3.53. The molecule has 2 unspecified atom stereocenters. The Morgan fingerprint density at radius 3 is 1.82 bits per heavy atom. The lowest BCUT2D eigenvalue weighted by atomic mass is 10.0. The van der Waals surface area contributed by atoms with E-state index in [9.17, 15) is 19.2 Å². The van der Waals surface area contributed by atoms with Gasteiger partial charge in [0.2, 0.25) is 0 Å². The van der Waals surface area contributed by atoms with Gasteiger partial charge in [0.15, 0.2) is 11.5 Å². The zero-order valence-corrected chi connectivity index (χ0v) is 24.3. The summed E-state index contributed by atoms with van der Waals surface area (Å²) in [6, 6.07) is 3.66. The molecule has 1 aromatic rings. The Morgan fingerprint density at radius 1 is 0.744 bits per heavy atom. The van der Waals surface area contributed by atoms with E-state index in [1.54, 1.807) is 33.8 Å². The molecule has 220 valence electrons. The van der Waals surface area contributed by atoms with Crippen LogP contribution in [0.4, 0.5) is 4.79 Å². The van der Waals surface area contributed by atoms with Crippen LogP contribution in [0, 0.1) is 11.8 Å². The van der Waals surface area contributed by atoms with Crippen LogP contribution in [0.1, 0.15) is 86.1 Å². The standard InChI is InChI=1S/C29H45NO9/c1-8-11-18(4)26(31)38-24-14-13-22(17-25(24)39-27(32)19(5)12-9-2)16-23(30)28(33)36-20(6)21(7)37-29(34)35-15-10-3/h13-14,17-21,23H,8-12,15-16,30H2,1-7H3/t18?,19?,20-,21-,23-/m0/s1. The molecule has 0 saturated heterocycles.